The van der Waals surface area contributed by atoms with Crippen LogP contribution in [0.1, 0.15) is 64.8 Å². The number of hydrazine groups is 1. The molecule has 0 saturated heterocycles. The minimum Gasteiger partial charge on any atom is -0.294 e. The second-order valence-electron chi connectivity index (χ2n) is 7.63. The first kappa shape index (κ1) is 23.2. The molecule has 166 valence electrons. The third-order valence-corrected chi connectivity index (χ3v) is 5.70. The van der Waals surface area contributed by atoms with Gasteiger partial charge >= 0.3 is 6.18 Å². The topological polar surface area (TPSA) is 63.4 Å². The van der Waals surface area contributed by atoms with Gasteiger partial charge in [0.05, 0.1) is 11.3 Å². The van der Waals surface area contributed by atoms with Crippen LogP contribution in [0.5, 0.6) is 0 Å². The van der Waals surface area contributed by atoms with Gasteiger partial charge in [-0.15, -0.1) is 0 Å². The van der Waals surface area contributed by atoms with Crippen molar-refractivity contribution in [2.45, 2.75) is 44.7 Å². The van der Waals surface area contributed by atoms with Crippen molar-refractivity contribution in [2.24, 2.45) is 11.8 Å². The number of Topliss-reactive ketones (excluding diaryl/α,β-unsaturated/α-hetero) is 1. The SMILES string of the molecule is NN(C(=O)c1cccc(F)c1C(F)(F)F)c1ccc(Cl)cc1C(=O)CC1CCCCC1. The number of hydrogen-bond acceptors (Lipinski definition) is 3. The highest BCUT2D eigenvalue weighted by Crippen LogP contribution is 2.36. The number of nitrogens with zero attached hydrogens (tertiary/aromatic N) is 1. The molecule has 1 amide bonds. The number of carbonyl (C=O) groups is 2. The Morgan fingerprint density at radius 3 is 2.39 bits per heavy atom. The van der Waals surface area contributed by atoms with Crippen molar-refractivity contribution in [2.75, 3.05) is 5.01 Å². The molecule has 0 spiro atoms. The lowest BCUT2D eigenvalue weighted by Gasteiger charge is -2.24. The van der Waals surface area contributed by atoms with E-state index in [0.717, 1.165) is 44.2 Å². The molecule has 0 radical (unpaired) electrons. The van der Waals surface area contributed by atoms with Gasteiger partial charge in [-0.3, -0.25) is 9.59 Å². The van der Waals surface area contributed by atoms with Gasteiger partial charge in [-0.25, -0.2) is 15.2 Å². The van der Waals surface area contributed by atoms with E-state index >= 15 is 0 Å². The van der Waals surface area contributed by atoms with Crippen molar-refractivity contribution in [3.63, 3.8) is 0 Å². The van der Waals surface area contributed by atoms with E-state index in [2.05, 4.69) is 0 Å². The Kier molecular flexibility index (Phi) is 7.01. The van der Waals surface area contributed by atoms with E-state index in [9.17, 15) is 27.2 Å². The molecule has 31 heavy (non-hydrogen) atoms. The van der Waals surface area contributed by atoms with Crippen molar-refractivity contribution < 1.29 is 27.2 Å². The molecule has 1 aliphatic carbocycles. The Balaban J connectivity index is 1.95. The molecule has 0 aromatic heterocycles. The lowest BCUT2D eigenvalue weighted by molar-refractivity contribution is -0.140. The Labute approximate surface area is 181 Å². The molecule has 0 atom stereocenters. The maximum Gasteiger partial charge on any atom is 0.420 e. The van der Waals surface area contributed by atoms with Gasteiger partial charge in [-0.1, -0.05) is 49.8 Å². The van der Waals surface area contributed by atoms with Crippen LogP contribution in [0.3, 0.4) is 0 Å². The number of alkyl halides is 3. The van der Waals surface area contributed by atoms with Gasteiger partial charge in [-0.2, -0.15) is 13.2 Å². The van der Waals surface area contributed by atoms with Crippen LogP contribution in [-0.2, 0) is 6.18 Å². The molecule has 2 aromatic rings. The summed E-state index contributed by atoms with van der Waals surface area (Å²) in [5, 5.41) is 0.660. The van der Waals surface area contributed by atoms with Gasteiger partial charge in [-0.05, 0) is 36.2 Å². The van der Waals surface area contributed by atoms with Crippen LogP contribution in [0.4, 0.5) is 23.2 Å². The molecular formula is C22H21ClF4N2O2. The van der Waals surface area contributed by atoms with E-state index in [1.807, 2.05) is 0 Å². The zero-order chi connectivity index (χ0) is 22.8. The quantitative estimate of drug-likeness (QED) is 0.192. The zero-order valence-corrected chi connectivity index (χ0v) is 17.3. The maximum atomic E-state index is 13.9. The summed E-state index contributed by atoms with van der Waals surface area (Å²) in [5.41, 5.74) is -2.71. The molecular weight excluding hydrogens is 436 g/mol. The minimum absolute atomic E-state index is 0.0406. The number of nitrogens with two attached hydrogens (primary N) is 1. The fraction of sp³-hybridized carbons (Fsp3) is 0.364. The number of ketones is 1. The highest BCUT2D eigenvalue weighted by molar-refractivity contribution is 6.31. The fourth-order valence-electron chi connectivity index (χ4n) is 3.93. The van der Waals surface area contributed by atoms with Gasteiger partial charge in [0.1, 0.15) is 11.4 Å². The van der Waals surface area contributed by atoms with Gasteiger partial charge in [0.2, 0.25) is 0 Å². The molecule has 0 bridgehead atoms. The van der Waals surface area contributed by atoms with Crippen molar-refractivity contribution in [1.29, 1.82) is 0 Å². The number of benzene rings is 2. The van der Waals surface area contributed by atoms with E-state index in [0.29, 0.717) is 11.1 Å². The van der Waals surface area contributed by atoms with Crippen LogP contribution < -0.4 is 10.9 Å². The monoisotopic (exact) mass is 456 g/mol. The summed E-state index contributed by atoms with van der Waals surface area (Å²) in [6.07, 6.45) is 0.118. The second kappa shape index (κ2) is 9.36. The summed E-state index contributed by atoms with van der Waals surface area (Å²) < 4.78 is 53.9. The predicted molar refractivity (Wildman–Crippen MR) is 109 cm³/mol. The summed E-state index contributed by atoms with van der Waals surface area (Å²) >= 11 is 6.02. The first-order valence-corrected chi connectivity index (χ1v) is 10.2. The molecule has 0 unspecified atom stereocenters. The van der Waals surface area contributed by atoms with E-state index in [4.69, 9.17) is 17.4 Å². The number of carbonyl (C=O) groups excluding carboxylic acids is 2. The second-order valence-corrected chi connectivity index (χ2v) is 8.06. The van der Waals surface area contributed by atoms with Gasteiger partial charge < -0.3 is 0 Å². The van der Waals surface area contributed by atoms with Gasteiger partial charge in [0, 0.05) is 17.0 Å². The molecule has 0 heterocycles. The van der Waals surface area contributed by atoms with Crippen molar-refractivity contribution in [3.8, 4) is 0 Å². The number of amides is 1. The fourth-order valence-corrected chi connectivity index (χ4v) is 4.11. The Morgan fingerprint density at radius 2 is 1.74 bits per heavy atom. The number of halogens is 5. The molecule has 2 N–H and O–H groups in total. The van der Waals surface area contributed by atoms with Crippen molar-refractivity contribution in [1.82, 2.24) is 0 Å². The molecule has 1 saturated carbocycles. The summed E-state index contributed by atoms with van der Waals surface area (Å²) in [4.78, 5) is 25.7. The summed E-state index contributed by atoms with van der Waals surface area (Å²) in [6.45, 7) is 0. The first-order chi connectivity index (χ1) is 14.6. The van der Waals surface area contributed by atoms with Crippen LogP contribution >= 0.6 is 11.6 Å². The first-order valence-electron chi connectivity index (χ1n) is 9.87. The molecule has 1 fully saturated rings. The largest absolute Gasteiger partial charge is 0.420 e. The smallest absolute Gasteiger partial charge is 0.294 e. The molecule has 9 heteroatoms. The highest BCUT2D eigenvalue weighted by atomic mass is 35.5. The van der Waals surface area contributed by atoms with E-state index in [1.54, 1.807) is 0 Å². The number of hydrogen-bond donors (Lipinski definition) is 1. The van der Waals surface area contributed by atoms with E-state index < -0.39 is 29.0 Å². The molecule has 0 aliphatic heterocycles. The third kappa shape index (κ3) is 5.25. The summed E-state index contributed by atoms with van der Waals surface area (Å²) in [5.74, 6) is 2.86. The summed E-state index contributed by atoms with van der Waals surface area (Å²) in [7, 11) is 0. The van der Waals surface area contributed by atoms with Gasteiger partial charge in [0.25, 0.3) is 5.91 Å². The van der Waals surface area contributed by atoms with E-state index in [-0.39, 0.29) is 34.4 Å². The van der Waals surface area contributed by atoms with Crippen molar-refractivity contribution in [3.05, 3.63) is 63.9 Å². The maximum absolute atomic E-state index is 13.9. The molecule has 2 aromatic carbocycles. The van der Waals surface area contributed by atoms with Crippen LogP contribution in [0, 0.1) is 11.7 Å². The van der Waals surface area contributed by atoms with Crippen molar-refractivity contribution >= 4 is 29.0 Å². The highest BCUT2D eigenvalue weighted by Gasteiger charge is 2.39. The van der Waals surface area contributed by atoms with E-state index in [1.165, 1.54) is 18.2 Å². The summed E-state index contributed by atoms with van der Waals surface area (Å²) in [6, 6.07) is 6.45. The predicted octanol–water partition coefficient (Wildman–Crippen LogP) is 6.17. The standard InChI is InChI=1S/C22H21ClF4N2O2/c23-14-9-10-18(16(12-14)19(30)11-13-5-2-1-3-6-13)29(28)21(31)15-7-4-8-17(24)20(15)22(25,26)27/h4,7-10,12-13H,1-3,5-6,11,28H2. The molecule has 4 nitrogen and oxygen atoms in total. The molecule has 1 aliphatic rings. The van der Waals surface area contributed by atoms with Crippen LogP contribution in [0.2, 0.25) is 5.02 Å². The van der Waals surface area contributed by atoms with Crippen LogP contribution in [0.25, 0.3) is 0 Å². The lowest BCUT2D eigenvalue weighted by atomic mass is 9.84. The Bertz CT molecular complexity index is 988. The molecule has 3 rings (SSSR count). The normalized spacial score (nSPS) is 15.0. The van der Waals surface area contributed by atoms with Crippen LogP contribution in [-0.4, -0.2) is 11.7 Å². The Morgan fingerprint density at radius 1 is 1.06 bits per heavy atom. The van der Waals surface area contributed by atoms with Crippen LogP contribution in [0.15, 0.2) is 36.4 Å². The minimum atomic E-state index is -5.10. The Hall–Kier alpha value is -2.45. The number of anilines is 1. The average Bonchev–Trinajstić information content (AvgIpc) is 2.72. The lowest BCUT2D eigenvalue weighted by Crippen LogP contribution is -2.39. The number of rotatable bonds is 5. The third-order valence-electron chi connectivity index (χ3n) is 5.46. The average molecular weight is 457 g/mol. The zero-order valence-electron chi connectivity index (χ0n) is 16.5. The van der Waals surface area contributed by atoms with Gasteiger partial charge in [0.15, 0.2) is 5.78 Å².